The van der Waals surface area contributed by atoms with Crippen molar-refractivity contribution in [3.63, 3.8) is 0 Å². The highest BCUT2D eigenvalue weighted by molar-refractivity contribution is 14.0. The van der Waals surface area contributed by atoms with Gasteiger partial charge in [-0.1, -0.05) is 12.1 Å². The second kappa shape index (κ2) is 11.9. The fourth-order valence-electron chi connectivity index (χ4n) is 2.27. The summed E-state index contributed by atoms with van der Waals surface area (Å²) >= 11 is 1.68. The van der Waals surface area contributed by atoms with E-state index in [1.807, 2.05) is 38.1 Å². The molecule has 2 aromatic rings. The lowest BCUT2D eigenvalue weighted by molar-refractivity contribution is 0.213. The van der Waals surface area contributed by atoms with Crippen LogP contribution in [0.25, 0.3) is 0 Å². The van der Waals surface area contributed by atoms with Gasteiger partial charge in [0.2, 0.25) is 0 Å². The van der Waals surface area contributed by atoms with E-state index in [4.69, 9.17) is 9.47 Å². The molecule has 1 heterocycles. The molecule has 0 aliphatic carbocycles. The van der Waals surface area contributed by atoms with Crippen molar-refractivity contribution in [1.82, 2.24) is 15.6 Å². The van der Waals surface area contributed by atoms with Crippen molar-refractivity contribution in [1.29, 1.82) is 0 Å². The Morgan fingerprint density at radius 2 is 2.00 bits per heavy atom. The molecule has 1 aromatic carbocycles. The van der Waals surface area contributed by atoms with Crippen LogP contribution in [0.15, 0.2) is 34.6 Å². The molecule has 1 unspecified atom stereocenters. The molecule has 26 heavy (non-hydrogen) atoms. The minimum Gasteiger partial charge on any atom is -0.493 e. The fraction of sp³-hybridized carbons (Fsp3) is 0.444. The smallest absolute Gasteiger partial charge is 0.191 e. The number of aliphatic imine (C=N–C) groups is 1. The van der Waals surface area contributed by atoms with E-state index in [1.54, 1.807) is 25.5 Å². The number of para-hydroxylation sites is 2. The number of aryl methyl sites for hydroxylation is 1. The summed E-state index contributed by atoms with van der Waals surface area (Å²) in [6.07, 6.45) is 0.842. The van der Waals surface area contributed by atoms with Crippen molar-refractivity contribution in [3.05, 3.63) is 40.3 Å². The second-order valence-corrected chi connectivity index (χ2v) is 6.63. The predicted molar refractivity (Wildman–Crippen MR) is 118 cm³/mol. The van der Waals surface area contributed by atoms with E-state index in [0.717, 1.165) is 41.1 Å². The quantitative estimate of drug-likeness (QED) is 0.338. The molecule has 6 nitrogen and oxygen atoms in total. The second-order valence-electron chi connectivity index (χ2n) is 5.57. The van der Waals surface area contributed by atoms with Gasteiger partial charge in [0.25, 0.3) is 0 Å². The van der Waals surface area contributed by atoms with Crippen LogP contribution in [0.3, 0.4) is 0 Å². The zero-order chi connectivity index (χ0) is 18.1. The van der Waals surface area contributed by atoms with E-state index < -0.39 is 0 Å². The maximum Gasteiger partial charge on any atom is 0.191 e. The first kappa shape index (κ1) is 22.5. The maximum absolute atomic E-state index is 5.93. The van der Waals surface area contributed by atoms with Gasteiger partial charge in [0.15, 0.2) is 17.5 Å². The van der Waals surface area contributed by atoms with Crippen LogP contribution in [0.2, 0.25) is 0 Å². The van der Waals surface area contributed by atoms with Gasteiger partial charge < -0.3 is 20.1 Å². The van der Waals surface area contributed by atoms with Crippen molar-refractivity contribution in [2.45, 2.75) is 26.4 Å². The largest absolute Gasteiger partial charge is 0.493 e. The number of nitrogens with one attached hydrogen (secondary N) is 2. The Labute approximate surface area is 176 Å². The number of aromatic nitrogens is 1. The van der Waals surface area contributed by atoms with Crippen LogP contribution in [0.5, 0.6) is 11.5 Å². The summed E-state index contributed by atoms with van der Waals surface area (Å²) < 4.78 is 11.2. The number of nitrogens with zero attached hydrogens (tertiary/aromatic N) is 2. The number of benzene rings is 1. The third kappa shape index (κ3) is 7.36. The summed E-state index contributed by atoms with van der Waals surface area (Å²) in [5.74, 6) is 2.22. The van der Waals surface area contributed by atoms with E-state index in [-0.39, 0.29) is 30.1 Å². The summed E-state index contributed by atoms with van der Waals surface area (Å²) in [7, 11) is 3.40. The van der Waals surface area contributed by atoms with Crippen LogP contribution in [0, 0.1) is 6.92 Å². The minimum atomic E-state index is -0.0314. The molecule has 0 spiro atoms. The van der Waals surface area contributed by atoms with Gasteiger partial charge in [0, 0.05) is 25.4 Å². The number of hydrogen-bond donors (Lipinski definition) is 2. The Morgan fingerprint density at radius 1 is 1.27 bits per heavy atom. The molecule has 0 aliphatic rings. The zero-order valence-corrected chi connectivity index (χ0v) is 18.8. The zero-order valence-electron chi connectivity index (χ0n) is 15.6. The molecule has 2 rings (SSSR count). The Hall–Kier alpha value is -1.55. The van der Waals surface area contributed by atoms with Crippen LogP contribution in [-0.4, -0.2) is 44.3 Å². The molecular formula is C18H27IN4O2S. The molecule has 0 saturated heterocycles. The van der Waals surface area contributed by atoms with Gasteiger partial charge in [-0.3, -0.25) is 4.99 Å². The SMILES string of the molecule is CN=C(NCCc1csc(C)n1)NCC(C)Oc1ccccc1OC.I. The molecule has 144 valence electrons. The number of halogens is 1. The molecule has 2 N–H and O–H groups in total. The minimum absolute atomic E-state index is 0. The number of guanidine groups is 1. The van der Waals surface area contributed by atoms with Gasteiger partial charge in [0.1, 0.15) is 6.10 Å². The molecule has 0 bridgehead atoms. The highest BCUT2D eigenvalue weighted by Crippen LogP contribution is 2.26. The summed E-state index contributed by atoms with van der Waals surface area (Å²) in [6, 6.07) is 7.64. The number of methoxy groups -OCH3 is 1. The molecule has 1 atom stereocenters. The van der Waals surface area contributed by atoms with E-state index in [0.29, 0.717) is 6.54 Å². The topological polar surface area (TPSA) is 67.8 Å². The van der Waals surface area contributed by atoms with Gasteiger partial charge in [-0.25, -0.2) is 4.98 Å². The maximum atomic E-state index is 5.93. The van der Waals surface area contributed by atoms with Crippen LogP contribution >= 0.6 is 35.3 Å². The Morgan fingerprint density at radius 3 is 2.62 bits per heavy atom. The Bertz CT molecular complexity index is 693. The lowest BCUT2D eigenvalue weighted by atomic mass is 10.3. The molecule has 0 fully saturated rings. The average Bonchev–Trinajstić information content (AvgIpc) is 3.03. The molecule has 0 saturated carbocycles. The Balaban J connectivity index is 0.00000338. The van der Waals surface area contributed by atoms with E-state index in [9.17, 15) is 0 Å². The fourth-order valence-corrected chi connectivity index (χ4v) is 2.91. The lowest BCUT2D eigenvalue weighted by Crippen LogP contribution is -2.42. The average molecular weight is 490 g/mol. The van der Waals surface area contributed by atoms with Gasteiger partial charge in [-0.2, -0.15) is 0 Å². The van der Waals surface area contributed by atoms with Crippen molar-refractivity contribution >= 4 is 41.3 Å². The van der Waals surface area contributed by atoms with Crippen molar-refractivity contribution in [2.75, 3.05) is 27.2 Å². The predicted octanol–water partition coefficient (Wildman–Crippen LogP) is 3.25. The van der Waals surface area contributed by atoms with Gasteiger partial charge in [-0.15, -0.1) is 35.3 Å². The van der Waals surface area contributed by atoms with Crippen LogP contribution in [0.4, 0.5) is 0 Å². The monoisotopic (exact) mass is 490 g/mol. The van der Waals surface area contributed by atoms with E-state index >= 15 is 0 Å². The lowest BCUT2D eigenvalue weighted by Gasteiger charge is -2.19. The number of hydrogen-bond acceptors (Lipinski definition) is 5. The standard InChI is InChI=1S/C18H26N4O2S.HI/c1-13(24-17-8-6-5-7-16(17)23-4)11-21-18(19-3)20-10-9-15-12-25-14(2)22-15;/h5-8,12-13H,9-11H2,1-4H3,(H2,19,20,21);1H. The third-order valence-corrected chi connectivity index (χ3v) is 4.34. The summed E-state index contributed by atoms with van der Waals surface area (Å²) in [6.45, 7) is 5.44. The van der Waals surface area contributed by atoms with Gasteiger partial charge in [0.05, 0.1) is 24.4 Å². The molecule has 8 heteroatoms. The highest BCUT2D eigenvalue weighted by Gasteiger charge is 2.09. The number of rotatable bonds is 8. The van der Waals surface area contributed by atoms with Crippen LogP contribution < -0.4 is 20.1 Å². The highest BCUT2D eigenvalue weighted by atomic mass is 127. The normalized spacial score (nSPS) is 12.1. The van der Waals surface area contributed by atoms with E-state index in [2.05, 4.69) is 26.0 Å². The molecule has 0 radical (unpaired) electrons. The summed E-state index contributed by atoms with van der Waals surface area (Å²) in [5, 5.41) is 9.76. The third-order valence-electron chi connectivity index (χ3n) is 3.52. The van der Waals surface area contributed by atoms with Crippen LogP contribution in [-0.2, 0) is 6.42 Å². The first-order chi connectivity index (χ1) is 12.1. The van der Waals surface area contributed by atoms with E-state index in [1.165, 1.54) is 0 Å². The van der Waals surface area contributed by atoms with Crippen molar-refractivity contribution < 1.29 is 9.47 Å². The number of thiazole rings is 1. The van der Waals surface area contributed by atoms with Gasteiger partial charge >= 0.3 is 0 Å². The molecule has 0 aliphatic heterocycles. The first-order valence-electron chi connectivity index (χ1n) is 8.27. The molecule has 0 amide bonds. The van der Waals surface area contributed by atoms with Crippen LogP contribution in [0.1, 0.15) is 17.6 Å². The Kier molecular flexibility index (Phi) is 10.3. The summed E-state index contributed by atoms with van der Waals surface area (Å²) in [5.41, 5.74) is 1.11. The molecule has 1 aromatic heterocycles. The van der Waals surface area contributed by atoms with Crippen molar-refractivity contribution in [3.8, 4) is 11.5 Å². The number of ether oxygens (including phenoxy) is 2. The van der Waals surface area contributed by atoms with Gasteiger partial charge in [-0.05, 0) is 26.0 Å². The molecular weight excluding hydrogens is 463 g/mol. The first-order valence-corrected chi connectivity index (χ1v) is 9.15. The van der Waals surface area contributed by atoms with Crippen molar-refractivity contribution in [2.24, 2.45) is 4.99 Å². The summed E-state index contributed by atoms with van der Waals surface area (Å²) in [4.78, 5) is 8.69.